The lowest BCUT2D eigenvalue weighted by atomic mass is 9.96. The molecule has 0 aromatic heterocycles. The fourth-order valence-electron chi connectivity index (χ4n) is 3.55. The van der Waals surface area contributed by atoms with Gasteiger partial charge in [-0.05, 0) is 44.5 Å². The van der Waals surface area contributed by atoms with Crippen LogP contribution in [-0.2, 0) is 14.3 Å². The molecule has 1 heterocycles. The maximum absolute atomic E-state index is 12.8. The van der Waals surface area contributed by atoms with Gasteiger partial charge in [-0.25, -0.2) is 0 Å². The monoisotopic (exact) mass is 366 g/mol. The van der Waals surface area contributed by atoms with E-state index in [2.05, 4.69) is 10.2 Å². The second-order valence-electron chi connectivity index (χ2n) is 6.91. The Balaban J connectivity index is 1.65. The Morgan fingerprint density at radius 3 is 2.33 bits per heavy atom. The summed E-state index contributed by atoms with van der Waals surface area (Å²) in [4.78, 5) is 26.6. The lowest BCUT2D eigenvalue weighted by Crippen LogP contribution is -2.47. The minimum Gasteiger partial charge on any atom is -0.469 e. The number of likely N-dealkylation sites (tertiary alicyclic amines) is 1. The van der Waals surface area contributed by atoms with Crippen molar-refractivity contribution in [3.05, 3.63) is 54.6 Å². The molecule has 0 unspecified atom stereocenters. The van der Waals surface area contributed by atoms with Crippen LogP contribution in [0.4, 0.5) is 5.69 Å². The molecule has 0 radical (unpaired) electrons. The molecular weight excluding hydrogens is 340 g/mol. The van der Waals surface area contributed by atoms with Gasteiger partial charge in [0.05, 0.1) is 19.1 Å². The summed E-state index contributed by atoms with van der Waals surface area (Å²) in [6.07, 6.45) is 1.45. The van der Waals surface area contributed by atoms with Gasteiger partial charge in [0.1, 0.15) is 0 Å². The molecule has 5 nitrogen and oxygen atoms in total. The summed E-state index contributed by atoms with van der Waals surface area (Å²) >= 11 is 0. The molecule has 1 atom stereocenters. The van der Waals surface area contributed by atoms with Crippen molar-refractivity contribution in [2.75, 3.05) is 25.5 Å². The quantitative estimate of drug-likeness (QED) is 0.822. The van der Waals surface area contributed by atoms with E-state index in [1.54, 1.807) is 0 Å². The third-order valence-electron chi connectivity index (χ3n) is 5.26. The molecule has 142 valence electrons. The van der Waals surface area contributed by atoms with Gasteiger partial charge in [0.25, 0.3) is 0 Å². The van der Waals surface area contributed by atoms with Crippen molar-refractivity contribution in [3.63, 3.8) is 0 Å². The van der Waals surface area contributed by atoms with E-state index < -0.39 is 0 Å². The lowest BCUT2D eigenvalue weighted by molar-refractivity contribution is -0.147. The van der Waals surface area contributed by atoms with Crippen LogP contribution in [-0.4, -0.2) is 43.0 Å². The SMILES string of the molecule is COC(=O)C1CCN([C@H](C)C(=O)Nc2ccccc2-c2ccccc2)CC1. The van der Waals surface area contributed by atoms with Gasteiger partial charge >= 0.3 is 5.97 Å². The summed E-state index contributed by atoms with van der Waals surface area (Å²) < 4.78 is 4.83. The zero-order valence-corrected chi connectivity index (χ0v) is 15.9. The molecular formula is C22H26N2O3. The van der Waals surface area contributed by atoms with E-state index in [1.807, 2.05) is 61.5 Å². The predicted octanol–water partition coefficient (Wildman–Crippen LogP) is 3.57. The molecule has 1 saturated heterocycles. The van der Waals surface area contributed by atoms with E-state index >= 15 is 0 Å². The number of rotatable bonds is 5. The van der Waals surface area contributed by atoms with Crippen LogP contribution < -0.4 is 5.32 Å². The minimum absolute atomic E-state index is 0.0325. The number of carbonyl (C=O) groups is 2. The largest absolute Gasteiger partial charge is 0.469 e. The number of carbonyl (C=O) groups excluding carboxylic acids is 2. The van der Waals surface area contributed by atoms with Crippen LogP contribution in [0.1, 0.15) is 19.8 Å². The Morgan fingerprint density at radius 1 is 1.04 bits per heavy atom. The lowest BCUT2D eigenvalue weighted by Gasteiger charge is -2.34. The Labute approximate surface area is 160 Å². The molecule has 5 heteroatoms. The zero-order chi connectivity index (χ0) is 19.2. The van der Waals surface area contributed by atoms with Gasteiger partial charge in [-0.3, -0.25) is 14.5 Å². The number of methoxy groups -OCH3 is 1. The molecule has 1 amide bonds. The molecule has 1 fully saturated rings. The summed E-state index contributed by atoms with van der Waals surface area (Å²) in [6, 6.07) is 17.6. The first-order chi connectivity index (χ1) is 13.1. The molecule has 3 rings (SSSR count). The van der Waals surface area contributed by atoms with E-state index in [9.17, 15) is 9.59 Å². The van der Waals surface area contributed by atoms with E-state index in [-0.39, 0.29) is 23.8 Å². The van der Waals surface area contributed by atoms with Gasteiger partial charge in [0, 0.05) is 11.3 Å². The second-order valence-corrected chi connectivity index (χ2v) is 6.91. The van der Waals surface area contributed by atoms with Gasteiger partial charge in [-0.1, -0.05) is 48.5 Å². The fraction of sp³-hybridized carbons (Fsp3) is 0.364. The number of hydrogen-bond donors (Lipinski definition) is 1. The number of benzene rings is 2. The fourth-order valence-corrected chi connectivity index (χ4v) is 3.55. The topological polar surface area (TPSA) is 58.6 Å². The summed E-state index contributed by atoms with van der Waals surface area (Å²) in [5.74, 6) is -0.237. The molecule has 1 N–H and O–H groups in total. The van der Waals surface area contributed by atoms with E-state index in [1.165, 1.54) is 7.11 Å². The van der Waals surface area contributed by atoms with Crippen LogP contribution in [0.3, 0.4) is 0 Å². The maximum Gasteiger partial charge on any atom is 0.308 e. The third kappa shape index (κ3) is 4.55. The van der Waals surface area contributed by atoms with E-state index in [0.29, 0.717) is 13.1 Å². The van der Waals surface area contributed by atoms with Crippen molar-refractivity contribution in [2.45, 2.75) is 25.8 Å². The normalized spacial score (nSPS) is 16.5. The smallest absolute Gasteiger partial charge is 0.308 e. The number of nitrogens with one attached hydrogen (secondary N) is 1. The zero-order valence-electron chi connectivity index (χ0n) is 15.9. The summed E-state index contributed by atoms with van der Waals surface area (Å²) in [7, 11) is 1.43. The van der Waals surface area contributed by atoms with Gasteiger partial charge in [-0.2, -0.15) is 0 Å². The van der Waals surface area contributed by atoms with Crippen molar-refractivity contribution >= 4 is 17.6 Å². The Hall–Kier alpha value is -2.66. The van der Waals surface area contributed by atoms with Crippen LogP contribution in [0.5, 0.6) is 0 Å². The molecule has 0 spiro atoms. The highest BCUT2D eigenvalue weighted by molar-refractivity contribution is 5.98. The Kier molecular flexibility index (Phi) is 6.24. The first kappa shape index (κ1) is 19.1. The molecule has 27 heavy (non-hydrogen) atoms. The molecule has 2 aromatic carbocycles. The number of hydrogen-bond acceptors (Lipinski definition) is 4. The van der Waals surface area contributed by atoms with Crippen LogP contribution in [0, 0.1) is 5.92 Å². The summed E-state index contributed by atoms with van der Waals surface area (Å²) in [5.41, 5.74) is 2.88. The number of para-hydroxylation sites is 1. The van der Waals surface area contributed by atoms with Gasteiger partial charge in [0.2, 0.25) is 5.91 Å². The van der Waals surface area contributed by atoms with Crippen molar-refractivity contribution in [1.82, 2.24) is 4.90 Å². The average molecular weight is 366 g/mol. The van der Waals surface area contributed by atoms with E-state index in [0.717, 1.165) is 29.7 Å². The number of ether oxygens (including phenoxy) is 1. The standard InChI is InChI=1S/C22H26N2O3/c1-16(24-14-12-18(13-15-24)22(26)27-2)21(25)23-20-11-7-6-10-19(20)17-8-4-3-5-9-17/h3-11,16,18H,12-15H2,1-2H3,(H,23,25)/t16-/m1/s1. The number of amides is 1. The Bertz CT molecular complexity index is 783. The Morgan fingerprint density at radius 2 is 1.67 bits per heavy atom. The van der Waals surface area contributed by atoms with Crippen molar-refractivity contribution < 1.29 is 14.3 Å². The van der Waals surface area contributed by atoms with Gasteiger partial charge in [-0.15, -0.1) is 0 Å². The van der Waals surface area contributed by atoms with Crippen LogP contribution >= 0.6 is 0 Å². The second kappa shape index (κ2) is 8.82. The molecule has 0 aliphatic carbocycles. The molecule has 1 aliphatic rings. The van der Waals surface area contributed by atoms with E-state index in [4.69, 9.17) is 4.74 Å². The van der Waals surface area contributed by atoms with Gasteiger partial charge in [0.15, 0.2) is 0 Å². The van der Waals surface area contributed by atoms with Crippen LogP contribution in [0.25, 0.3) is 11.1 Å². The van der Waals surface area contributed by atoms with Crippen molar-refractivity contribution in [1.29, 1.82) is 0 Å². The predicted molar refractivity (Wildman–Crippen MR) is 106 cm³/mol. The number of esters is 1. The minimum atomic E-state index is -0.257. The van der Waals surface area contributed by atoms with Crippen molar-refractivity contribution in [3.8, 4) is 11.1 Å². The first-order valence-corrected chi connectivity index (χ1v) is 9.37. The van der Waals surface area contributed by atoms with Crippen molar-refractivity contribution in [2.24, 2.45) is 5.92 Å². The third-order valence-corrected chi connectivity index (χ3v) is 5.26. The number of piperidine rings is 1. The number of nitrogens with zero attached hydrogens (tertiary/aromatic N) is 1. The highest BCUT2D eigenvalue weighted by Gasteiger charge is 2.30. The highest BCUT2D eigenvalue weighted by Crippen LogP contribution is 2.28. The maximum atomic E-state index is 12.8. The van der Waals surface area contributed by atoms with Gasteiger partial charge < -0.3 is 10.1 Å². The summed E-state index contributed by atoms with van der Waals surface area (Å²) in [5, 5.41) is 3.08. The molecule has 0 saturated carbocycles. The van der Waals surface area contributed by atoms with Crippen LogP contribution in [0.2, 0.25) is 0 Å². The first-order valence-electron chi connectivity index (χ1n) is 9.37. The highest BCUT2D eigenvalue weighted by atomic mass is 16.5. The summed E-state index contributed by atoms with van der Waals surface area (Å²) in [6.45, 7) is 3.35. The average Bonchev–Trinajstić information content (AvgIpc) is 2.73. The molecule has 0 bridgehead atoms. The molecule has 1 aliphatic heterocycles. The molecule has 2 aromatic rings. The van der Waals surface area contributed by atoms with Crippen LogP contribution in [0.15, 0.2) is 54.6 Å². The number of anilines is 1.